The topological polar surface area (TPSA) is 44.3 Å². The van der Waals surface area contributed by atoms with Gasteiger partial charge in [0.25, 0.3) is 0 Å². The van der Waals surface area contributed by atoms with E-state index in [2.05, 4.69) is 59.1 Å². The molecular formula is C21H31N5. The van der Waals surface area contributed by atoms with Crippen molar-refractivity contribution in [3.63, 3.8) is 0 Å². The maximum atomic E-state index is 4.71. The van der Waals surface area contributed by atoms with Crippen LogP contribution in [-0.2, 0) is 0 Å². The summed E-state index contributed by atoms with van der Waals surface area (Å²) < 4.78 is 0. The molecule has 0 amide bonds. The Morgan fingerprint density at radius 3 is 2.54 bits per heavy atom. The Morgan fingerprint density at radius 1 is 1.00 bits per heavy atom. The Bertz CT molecular complexity index is 707. The average molecular weight is 354 g/mol. The van der Waals surface area contributed by atoms with Crippen LogP contribution >= 0.6 is 0 Å². The molecule has 0 saturated carbocycles. The van der Waals surface area contributed by atoms with Gasteiger partial charge in [-0.15, -0.1) is 0 Å². The predicted molar refractivity (Wildman–Crippen MR) is 110 cm³/mol. The fraction of sp³-hybridized carbons (Fsp3) is 0.524. The normalized spacial score (nSPS) is 14.6. The third-order valence-corrected chi connectivity index (χ3v) is 5.22. The van der Waals surface area contributed by atoms with Crippen molar-refractivity contribution in [1.29, 1.82) is 0 Å². The molecule has 1 aliphatic rings. The minimum Gasteiger partial charge on any atom is -0.368 e. The van der Waals surface area contributed by atoms with E-state index in [0.717, 1.165) is 44.5 Å². The number of unbranched alkanes of at least 4 members (excludes halogenated alkanes) is 2. The number of benzene rings is 1. The summed E-state index contributed by atoms with van der Waals surface area (Å²) in [5.74, 6) is 1.77. The van der Waals surface area contributed by atoms with Gasteiger partial charge in [0.15, 0.2) is 0 Å². The summed E-state index contributed by atoms with van der Waals surface area (Å²) in [5.41, 5.74) is 4.12. The molecule has 0 atom stereocenters. The Labute approximate surface area is 157 Å². The fourth-order valence-corrected chi connectivity index (χ4v) is 3.44. The quantitative estimate of drug-likeness (QED) is 0.762. The molecule has 0 aliphatic carbocycles. The number of aromatic nitrogens is 2. The van der Waals surface area contributed by atoms with Gasteiger partial charge in [-0.05, 0) is 43.5 Å². The minimum atomic E-state index is 0.746. The molecule has 0 unspecified atom stereocenters. The highest BCUT2D eigenvalue weighted by Gasteiger charge is 2.20. The molecule has 1 fully saturated rings. The first kappa shape index (κ1) is 18.5. The number of nitrogens with zero attached hydrogens (tertiary/aromatic N) is 4. The van der Waals surface area contributed by atoms with Crippen LogP contribution in [-0.4, -0.2) is 42.7 Å². The SMILES string of the molecule is CCCCCNc1nccc(N2CCN(c3cccc(C)c3C)CC2)n1. The highest BCUT2D eigenvalue weighted by atomic mass is 15.3. The molecule has 2 aromatic rings. The van der Waals surface area contributed by atoms with E-state index in [1.54, 1.807) is 0 Å². The maximum absolute atomic E-state index is 4.71. The van der Waals surface area contributed by atoms with Crippen LogP contribution < -0.4 is 15.1 Å². The van der Waals surface area contributed by atoms with Crippen LogP contribution in [0.1, 0.15) is 37.3 Å². The van der Waals surface area contributed by atoms with E-state index < -0.39 is 0 Å². The van der Waals surface area contributed by atoms with E-state index >= 15 is 0 Å². The highest BCUT2D eigenvalue weighted by molar-refractivity contribution is 5.57. The Kier molecular flexibility index (Phi) is 6.31. The second-order valence-corrected chi connectivity index (χ2v) is 7.07. The molecule has 140 valence electrons. The number of hydrogen-bond acceptors (Lipinski definition) is 5. The molecule has 1 aliphatic heterocycles. The van der Waals surface area contributed by atoms with Gasteiger partial charge in [-0.25, -0.2) is 4.98 Å². The molecule has 0 bridgehead atoms. The molecule has 0 radical (unpaired) electrons. The van der Waals surface area contributed by atoms with Gasteiger partial charge in [0.2, 0.25) is 5.95 Å². The van der Waals surface area contributed by atoms with Gasteiger partial charge >= 0.3 is 0 Å². The molecule has 1 N–H and O–H groups in total. The molecule has 1 aromatic heterocycles. The summed E-state index contributed by atoms with van der Waals surface area (Å²) in [6.45, 7) is 11.6. The number of hydrogen-bond donors (Lipinski definition) is 1. The average Bonchev–Trinajstić information content (AvgIpc) is 2.68. The van der Waals surface area contributed by atoms with Gasteiger partial charge < -0.3 is 15.1 Å². The summed E-state index contributed by atoms with van der Waals surface area (Å²) >= 11 is 0. The lowest BCUT2D eigenvalue weighted by Crippen LogP contribution is -2.47. The third kappa shape index (κ3) is 4.45. The summed E-state index contributed by atoms with van der Waals surface area (Å²) in [6.07, 6.45) is 5.50. The Morgan fingerprint density at radius 2 is 1.77 bits per heavy atom. The lowest BCUT2D eigenvalue weighted by molar-refractivity contribution is 0.645. The smallest absolute Gasteiger partial charge is 0.224 e. The lowest BCUT2D eigenvalue weighted by Gasteiger charge is -2.37. The van der Waals surface area contributed by atoms with Crippen molar-refractivity contribution >= 4 is 17.5 Å². The number of aryl methyl sites for hydroxylation is 1. The van der Waals surface area contributed by atoms with E-state index in [0.29, 0.717) is 0 Å². The molecule has 5 nitrogen and oxygen atoms in total. The van der Waals surface area contributed by atoms with Crippen LogP contribution in [0, 0.1) is 13.8 Å². The zero-order valence-corrected chi connectivity index (χ0v) is 16.3. The first-order valence-corrected chi connectivity index (χ1v) is 9.82. The second kappa shape index (κ2) is 8.88. The largest absolute Gasteiger partial charge is 0.368 e. The first-order valence-electron chi connectivity index (χ1n) is 9.82. The third-order valence-electron chi connectivity index (χ3n) is 5.22. The van der Waals surface area contributed by atoms with Crippen molar-refractivity contribution in [3.05, 3.63) is 41.6 Å². The predicted octanol–water partition coefficient (Wildman–Crippen LogP) is 4.02. The van der Waals surface area contributed by atoms with E-state index in [4.69, 9.17) is 4.98 Å². The van der Waals surface area contributed by atoms with Crippen LogP contribution in [0.15, 0.2) is 30.5 Å². The van der Waals surface area contributed by atoms with Gasteiger partial charge in [0, 0.05) is 44.6 Å². The maximum Gasteiger partial charge on any atom is 0.224 e. The van der Waals surface area contributed by atoms with Gasteiger partial charge in [-0.2, -0.15) is 4.98 Å². The number of nitrogens with one attached hydrogen (secondary N) is 1. The molecule has 1 saturated heterocycles. The zero-order chi connectivity index (χ0) is 18.4. The Balaban J connectivity index is 1.58. The summed E-state index contributed by atoms with van der Waals surface area (Å²) in [7, 11) is 0. The molecule has 5 heteroatoms. The van der Waals surface area contributed by atoms with Crippen molar-refractivity contribution in [2.24, 2.45) is 0 Å². The van der Waals surface area contributed by atoms with Crippen molar-refractivity contribution < 1.29 is 0 Å². The lowest BCUT2D eigenvalue weighted by atomic mass is 10.1. The second-order valence-electron chi connectivity index (χ2n) is 7.07. The van der Waals surface area contributed by atoms with Crippen LogP contribution in [0.25, 0.3) is 0 Å². The van der Waals surface area contributed by atoms with Gasteiger partial charge in [-0.1, -0.05) is 31.9 Å². The number of rotatable bonds is 7. The standard InChI is InChI=1S/C21H31N5/c1-4-5-6-11-22-21-23-12-10-20(24-21)26-15-13-25(14-16-26)19-9-7-8-17(2)18(19)3/h7-10,12H,4-6,11,13-16H2,1-3H3,(H,22,23,24). The van der Waals surface area contributed by atoms with Crippen LogP contribution in [0.5, 0.6) is 0 Å². The summed E-state index contributed by atoms with van der Waals surface area (Å²) in [5, 5.41) is 3.35. The van der Waals surface area contributed by atoms with Crippen LogP contribution in [0.3, 0.4) is 0 Å². The van der Waals surface area contributed by atoms with Crippen molar-refractivity contribution in [2.45, 2.75) is 40.0 Å². The molecule has 0 spiro atoms. The van der Waals surface area contributed by atoms with E-state index in [-0.39, 0.29) is 0 Å². The van der Waals surface area contributed by atoms with Crippen molar-refractivity contribution in [3.8, 4) is 0 Å². The van der Waals surface area contributed by atoms with E-state index in [1.165, 1.54) is 36.1 Å². The minimum absolute atomic E-state index is 0.746. The number of piperazine rings is 1. The zero-order valence-electron chi connectivity index (χ0n) is 16.3. The summed E-state index contributed by atoms with van der Waals surface area (Å²) in [4.78, 5) is 13.9. The first-order chi connectivity index (χ1) is 12.7. The van der Waals surface area contributed by atoms with Crippen LogP contribution in [0.4, 0.5) is 17.5 Å². The van der Waals surface area contributed by atoms with E-state index in [1.807, 2.05) is 12.3 Å². The van der Waals surface area contributed by atoms with Crippen molar-refractivity contribution in [2.75, 3.05) is 47.8 Å². The number of anilines is 3. The van der Waals surface area contributed by atoms with Crippen LogP contribution in [0.2, 0.25) is 0 Å². The highest BCUT2D eigenvalue weighted by Crippen LogP contribution is 2.25. The fourth-order valence-electron chi connectivity index (χ4n) is 3.44. The molecule has 1 aromatic carbocycles. The van der Waals surface area contributed by atoms with Gasteiger partial charge in [0.05, 0.1) is 0 Å². The molecular weight excluding hydrogens is 322 g/mol. The molecule has 2 heterocycles. The van der Waals surface area contributed by atoms with E-state index in [9.17, 15) is 0 Å². The molecule has 26 heavy (non-hydrogen) atoms. The van der Waals surface area contributed by atoms with Gasteiger partial charge in [-0.3, -0.25) is 0 Å². The summed E-state index contributed by atoms with van der Waals surface area (Å²) in [6, 6.07) is 8.60. The monoisotopic (exact) mass is 353 g/mol. The van der Waals surface area contributed by atoms with Crippen molar-refractivity contribution in [1.82, 2.24) is 9.97 Å². The molecule has 3 rings (SSSR count). The van der Waals surface area contributed by atoms with Gasteiger partial charge in [0.1, 0.15) is 5.82 Å². The Hall–Kier alpha value is -2.30.